The Balaban J connectivity index is 2.44. The van der Waals surface area contributed by atoms with Crippen LogP contribution in [0, 0.1) is 13.8 Å². The number of hydrogen-bond donors (Lipinski definition) is 0. The Morgan fingerprint density at radius 2 is 1.39 bits per heavy atom. The molecule has 0 saturated carbocycles. The first-order valence-electron chi connectivity index (χ1n) is 8.67. The molecule has 0 aromatic heterocycles. The summed E-state index contributed by atoms with van der Waals surface area (Å²) in [6.07, 6.45) is 0. The molecule has 0 aliphatic carbocycles. The molecular formula is C21H24O6P+. The molecule has 0 saturated heterocycles. The standard InChI is InChI=1S/C21H24O6P/c1-12-8-7-9-13(2)18(12)20(22)14(3)28(24)21(23)19-16(26-5)10-15(25-4)11-17(19)27-6/h7-11,14H,1-6H3/q+1. The molecule has 2 aromatic rings. The minimum atomic E-state index is -2.56. The van der Waals surface area contributed by atoms with Crippen LogP contribution in [0.3, 0.4) is 0 Å². The molecular weight excluding hydrogens is 379 g/mol. The van der Waals surface area contributed by atoms with Gasteiger partial charge in [-0.1, -0.05) is 22.8 Å². The molecule has 0 spiro atoms. The maximum absolute atomic E-state index is 13.0. The van der Waals surface area contributed by atoms with Gasteiger partial charge in [0.05, 0.1) is 21.3 Å². The fourth-order valence-corrected chi connectivity index (χ4v) is 4.16. The summed E-state index contributed by atoms with van der Waals surface area (Å²) in [7, 11) is 1.69. The summed E-state index contributed by atoms with van der Waals surface area (Å²) < 4.78 is 28.7. The highest BCUT2D eigenvalue weighted by atomic mass is 31.1. The van der Waals surface area contributed by atoms with Gasteiger partial charge < -0.3 is 14.2 Å². The Morgan fingerprint density at radius 1 is 0.893 bits per heavy atom. The van der Waals surface area contributed by atoms with E-state index in [1.807, 2.05) is 32.0 Å². The second-order valence-corrected chi connectivity index (χ2v) is 8.18. The molecule has 0 aliphatic rings. The molecule has 0 N–H and O–H groups in total. The van der Waals surface area contributed by atoms with E-state index in [-0.39, 0.29) is 22.8 Å². The maximum Gasteiger partial charge on any atom is 0.431 e. The third kappa shape index (κ3) is 4.07. The van der Waals surface area contributed by atoms with E-state index in [4.69, 9.17) is 14.2 Å². The monoisotopic (exact) mass is 403 g/mol. The van der Waals surface area contributed by atoms with Gasteiger partial charge in [0.2, 0.25) is 11.4 Å². The lowest BCUT2D eigenvalue weighted by atomic mass is 9.98. The second-order valence-electron chi connectivity index (χ2n) is 6.34. The number of carbonyl (C=O) groups excluding carboxylic acids is 2. The van der Waals surface area contributed by atoms with E-state index in [2.05, 4.69) is 0 Å². The summed E-state index contributed by atoms with van der Waals surface area (Å²) in [5, 5.41) is 0. The summed E-state index contributed by atoms with van der Waals surface area (Å²) in [6.45, 7) is 5.14. The molecule has 0 bridgehead atoms. The van der Waals surface area contributed by atoms with Crippen LogP contribution < -0.4 is 14.2 Å². The minimum Gasteiger partial charge on any atom is -0.496 e. The minimum absolute atomic E-state index is 0.0352. The molecule has 7 heteroatoms. The third-order valence-corrected chi connectivity index (χ3v) is 6.15. The number of ether oxygens (including phenoxy) is 3. The van der Waals surface area contributed by atoms with Crippen molar-refractivity contribution in [2.45, 2.75) is 26.4 Å². The zero-order chi connectivity index (χ0) is 21.0. The number of carbonyl (C=O) groups is 2. The highest BCUT2D eigenvalue weighted by Gasteiger charge is 2.44. The molecule has 0 amide bonds. The predicted molar refractivity (Wildman–Crippen MR) is 108 cm³/mol. The molecule has 2 unspecified atom stereocenters. The Hall–Kier alpha value is -2.72. The smallest absolute Gasteiger partial charge is 0.431 e. The quantitative estimate of drug-likeness (QED) is 0.475. The van der Waals surface area contributed by atoms with Crippen LogP contribution in [0.1, 0.15) is 38.8 Å². The SMILES string of the molecule is COc1cc(OC)c(C(=O)[P+](=O)C(C)C(=O)c2c(C)cccc2C)c(OC)c1. The van der Waals surface area contributed by atoms with Crippen molar-refractivity contribution in [1.29, 1.82) is 0 Å². The highest BCUT2D eigenvalue weighted by molar-refractivity contribution is 7.66. The molecule has 2 atom stereocenters. The number of methoxy groups -OCH3 is 3. The molecule has 0 aliphatic heterocycles. The van der Waals surface area contributed by atoms with Gasteiger partial charge in [-0.3, -0.25) is 4.79 Å². The van der Waals surface area contributed by atoms with Gasteiger partial charge in [-0.25, -0.2) is 4.79 Å². The van der Waals surface area contributed by atoms with Crippen LogP contribution in [-0.2, 0) is 4.57 Å². The average molecular weight is 403 g/mol. The van der Waals surface area contributed by atoms with Gasteiger partial charge in [0.15, 0.2) is 5.56 Å². The number of hydrogen-bond acceptors (Lipinski definition) is 6. The van der Waals surface area contributed by atoms with Gasteiger partial charge in [-0.05, 0) is 31.9 Å². The first-order valence-corrected chi connectivity index (χ1v) is 10.0. The van der Waals surface area contributed by atoms with Gasteiger partial charge in [0, 0.05) is 17.7 Å². The second kappa shape index (κ2) is 8.98. The van der Waals surface area contributed by atoms with Crippen molar-refractivity contribution in [3.63, 3.8) is 0 Å². The molecule has 0 fully saturated rings. The number of rotatable bonds is 8. The van der Waals surface area contributed by atoms with Crippen molar-refractivity contribution in [2.75, 3.05) is 21.3 Å². The predicted octanol–water partition coefficient (Wildman–Crippen LogP) is 4.57. The van der Waals surface area contributed by atoms with Crippen LogP contribution in [0.2, 0.25) is 0 Å². The fourth-order valence-electron chi connectivity index (χ4n) is 3.02. The van der Waals surface area contributed by atoms with Gasteiger partial charge in [-0.15, -0.1) is 0 Å². The van der Waals surface area contributed by atoms with Gasteiger partial charge >= 0.3 is 13.3 Å². The van der Waals surface area contributed by atoms with Crippen LogP contribution in [-0.4, -0.2) is 38.3 Å². The number of benzene rings is 2. The number of Topliss-reactive ketones (excluding diaryl/α,β-unsaturated/α-hetero) is 1. The molecule has 28 heavy (non-hydrogen) atoms. The average Bonchev–Trinajstić information content (AvgIpc) is 2.70. The van der Waals surface area contributed by atoms with Crippen molar-refractivity contribution in [1.82, 2.24) is 0 Å². The van der Waals surface area contributed by atoms with Gasteiger partial charge in [0.25, 0.3) is 0 Å². The van der Waals surface area contributed by atoms with Crippen LogP contribution in [0.4, 0.5) is 0 Å². The van der Waals surface area contributed by atoms with E-state index >= 15 is 0 Å². The van der Waals surface area contributed by atoms with E-state index in [1.165, 1.54) is 40.4 Å². The normalized spacial score (nSPS) is 12.1. The summed E-state index contributed by atoms with van der Waals surface area (Å²) >= 11 is 0. The lowest BCUT2D eigenvalue weighted by Gasteiger charge is -2.12. The molecule has 2 rings (SSSR count). The van der Waals surface area contributed by atoms with E-state index < -0.39 is 19.0 Å². The topological polar surface area (TPSA) is 78.9 Å². The van der Waals surface area contributed by atoms with Crippen LogP contribution in [0.5, 0.6) is 17.2 Å². The van der Waals surface area contributed by atoms with Gasteiger partial charge in [-0.2, -0.15) is 0 Å². The molecule has 148 valence electrons. The molecule has 0 heterocycles. The maximum atomic E-state index is 13.0. The molecule has 6 nitrogen and oxygen atoms in total. The van der Waals surface area contributed by atoms with Gasteiger partial charge in [0.1, 0.15) is 17.2 Å². The Bertz CT molecular complexity index is 889. The molecule has 2 aromatic carbocycles. The lowest BCUT2D eigenvalue weighted by molar-refractivity contribution is 0.0980. The largest absolute Gasteiger partial charge is 0.496 e. The summed E-state index contributed by atoms with van der Waals surface area (Å²) in [5.74, 6) is 0.462. The first kappa shape index (κ1) is 21.6. The van der Waals surface area contributed by atoms with Crippen LogP contribution in [0.25, 0.3) is 0 Å². The zero-order valence-electron chi connectivity index (χ0n) is 16.9. The molecule has 0 radical (unpaired) electrons. The first-order chi connectivity index (χ1) is 13.3. The lowest BCUT2D eigenvalue weighted by Crippen LogP contribution is -2.19. The van der Waals surface area contributed by atoms with E-state index in [0.717, 1.165) is 11.1 Å². The van der Waals surface area contributed by atoms with Crippen molar-refractivity contribution in [3.8, 4) is 17.2 Å². The van der Waals surface area contributed by atoms with Crippen LogP contribution >= 0.6 is 7.80 Å². The van der Waals surface area contributed by atoms with Crippen molar-refractivity contribution in [2.24, 2.45) is 0 Å². The Labute approximate surface area is 165 Å². The third-order valence-electron chi connectivity index (χ3n) is 4.59. The summed E-state index contributed by atoms with van der Waals surface area (Å²) in [5.41, 5.74) is 0.421. The summed E-state index contributed by atoms with van der Waals surface area (Å²) in [6, 6.07) is 8.51. The summed E-state index contributed by atoms with van der Waals surface area (Å²) in [4.78, 5) is 26.0. The van der Waals surface area contributed by atoms with E-state index in [1.54, 1.807) is 0 Å². The van der Waals surface area contributed by atoms with Crippen molar-refractivity contribution in [3.05, 3.63) is 52.6 Å². The highest BCUT2D eigenvalue weighted by Crippen LogP contribution is 2.43. The number of aryl methyl sites for hydroxylation is 2. The number of ketones is 1. The van der Waals surface area contributed by atoms with Crippen LogP contribution in [0.15, 0.2) is 30.3 Å². The zero-order valence-corrected chi connectivity index (χ0v) is 17.8. The van der Waals surface area contributed by atoms with E-state index in [0.29, 0.717) is 11.3 Å². The Morgan fingerprint density at radius 3 is 1.82 bits per heavy atom. The van der Waals surface area contributed by atoms with Crippen molar-refractivity contribution >= 4 is 19.1 Å². The fraction of sp³-hybridized carbons (Fsp3) is 0.333. The van der Waals surface area contributed by atoms with E-state index in [9.17, 15) is 14.2 Å². The van der Waals surface area contributed by atoms with Crippen molar-refractivity contribution < 1.29 is 28.4 Å². The Kier molecular flexibility index (Phi) is 6.92.